The Kier molecular flexibility index (Phi) is 3.48. The number of nitrogen functional groups attached to an aromatic ring is 1. The van der Waals surface area contributed by atoms with Gasteiger partial charge in [0.05, 0.1) is 11.8 Å². The number of nitrogens with two attached hydrogens (primary N) is 1. The molecule has 1 atom stereocenters. The second kappa shape index (κ2) is 4.76. The molecule has 6 nitrogen and oxygen atoms in total. The summed E-state index contributed by atoms with van der Waals surface area (Å²) in [5.41, 5.74) is 1.90. The van der Waals surface area contributed by atoms with Crippen molar-refractivity contribution in [2.24, 2.45) is 7.05 Å². The summed E-state index contributed by atoms with van der Waals surface area (Å²) in [7, 11) is 1.36. The highest BCUT2D eigenvalue weighted by molar-refractivity contribution is 5.47. The van der Waals surface area contributed by atoms with Crippen molar-refractivity contribution in [2.75, 3.05) is 5.73 Å². The Labute approximate surface area is 119 Å². The molecule has 9 heteroatoms. The number of imidazole rings is 1. The fraction of sp³-hybridized carbons (Fsp3) is 0.500. The molecule has 0 radical (unpaired) electrons. The lowest BCUT2D eigenvalue weighted by molar-refractivity contribution is -0.251. The maximum absolute atomic E-state index is 13.5. The number of aliphatic hydroxyl groups is 1. The first-order valence-corrected chi connectivity index (χ1v) is 6.21. The van der Waals surface area contributed by atoms with E-state index in [9.17, 15) is 18.3 Å². The Morgan fingerprint density at radius 3 is 2.33 bits per heavy atom. The smallest absolute Gasteiger partial charge is 0.384 e. The molecule has 116 valence electrons. The number of aryl methyl sites for hydroxylation is 1. The highest BCUT2D eigenvalue weighted by Gasteiger charge is 2.60. The first-order valence-electron chi connectivity index (χ1n) is 6.21. The van der Waals surface area contributed by atoms with Gasteiger partial charge in [0, 0.05) is 25.5 Å². The van der Waals surface area contributed by atoms with Gasteiger partial charge in [-0.05, 0) is 13.8 Å². The van der Waals surface area contributed by atoms with Crippen molar-refractivity contribution in [1.29, 1.82) is 0 Å². The summed E-state index contributed by atoms with van der Waals surface area (Å²) in [5, 5.41) is 14.2. The van der Waals surface area contributed by atoms with E-state index < -0.39 is 23.2 Å². The van der Waals surface area contributed by atoms with Gasteiger partial charge in [-0.1, -0.05) is 0 Å². The van der Waals surface area contributed by atoms with Crippen LogP contribution in [-0.4, -0.2) is 30.6 Å². The van der Waals surface area contributed by atoms with Gasteiger partial charge in [0.1, 0.15) is 5.82 Å². The zero-order valence-corrected chi connectivity index (χ0v) is 11.8. The molecular weight excluding hydrogens is 287 g/mol. The molecule has 0 aliphatic carbocycles. The molecule has 0 aliphatic heterocycles. The highest BCUT2D eigenvalue weighted by atomic mass is 19.4. The molecule has 0 saturated carbocycles. The monoisotopic (exact) mass is 303 g/mol. The van der Waals surface area contributed by atoms with Gasteiger partial charge in [0.15, 0.2) is 5.82 Å². The molecule has 0 amide bonds. The van der Waals surface area contributed by atoms with Crippen LogP contribution in [0, 0.1) is 0 Å². The van der Waals surface area contributed by atoms with Crippen LogP contribution in [0.2, 0.25) is 0 Å². The fourth-order valence-corrected chi connectivity index (χ4v) is 2.18. The molecule has 0 saturated heterocycles. The number of hydrogen-bond acceptors (Lipinski definition) is 4. The molecule has 0 aromatic carbocycles. The lowest BCUT2D eigenvalue weighted by Crippen LogP contribution is -2.45. The Bertz CT molecular complexity index is 646. The minimum absolute atomic E-state index is 0.238. The Morgan fingerprint density at radius 1 is 1.33 bits per heavy atom. The van der Waals surface area contributed by atoms with Gasteiger partial charge < -0.3 is 15.4 Å². The second-order valence-corrected chi connectivity index (χ2v) is 5.05. The van der Waals surface area contributed by atoms with E-state index in [0.717, 1.165) is 10.8 Å². The molecule has 21 heavy (non-hydrogen) atoms. The maximum atomic E-state index is 13.5. The largest absolute Gasteiger partial charge is 0.429 e. The summed E-state index contributed by atoms with van der Waals surface area (Å²) < 4.78 is 42.9. The van der Waals surface area contributed by atoms with E-state index in [1.54, 1.807) is 13.8 Å². The Morgan fingerprint density at radius 2 is 1.95 bits per heavy atom. The normalized spacial score (nSPS) is 15.4. The molecule has 1 unspecified atom stereocenters. The topological polar surface area (TPSA) is 81.9 Å². The Hall–Kier alpha value is -2.03. The first-order chi connectivity index (χ1) is 9.60. The third kappa shape index (κ3) is 2.17. The van der Waals surface area contributed by atoms with E-state index in [-0.39, 0.29) is 11.9 Å². The predicted molar refractivity (Wildman–Crippen MR) is 69.3 cm³/mol. The minimum Gasteiger partial charge on any atom is -0.384 e. The van der Waals surface area contributed by atoms with Gasteiger partial charge in [-0.15, -0.1) is 0 Å². The average Bonchev–Trinajstić information content (AvgIpc) is 2.93. The van der Waals surface area contributed by atoms with E-state index in [4.69, 9.17) is 5.73 Å². The molecule has 2 heterocycles. The fourth-order valence-electron chi connectivity index (χ4n) is 2.18. The molecular formula is C12H16F3N5O. The van der Waals surface area contributed by atoms with Gasteiger partial charge >= 0.3 is 6.18 Å². The van der Waals surface area contributed by atoms with Crippen LogP contribution in [0.15, 0.2) is 18.6 Å². The van der Waals surface area contributed by atoms with Crippen LogP contribution in [0.4, 0.5) is 19.0 Å². The Balaban J connectivity index is 2.71. The lowest BCUT2D eigenvalue weighted by Gasteiger charge is -2.29. The summed E-state index contributed by atoms with van der Waals surface area (Å²) in [6, 6.07) is -0.238. The van der Waals surface area contributed by atoms with Gasteiger partial charge in [0.25, 0.3) is 0 Å². The summed E-state index contributed by atoms with van der Waals surface area (Å²) in [6.07, 6.45) is -1.58. The first kappa shape index (κ1) is 15.4. The standard InChI is InChI=1S/C12H16F3N5O/c1-7(2)20-9(16)8(6-18-20)11(21,12(13,14)15)10-17-4-5-19(10)3/h4-7,21H,16H2,1-3H3. The quantitative estimate of drug-likeness (QED) is 0.902. The zero-order valence-electron chi connectivity index (χ0n) is 11.8. The van der Waals surface area contributed by atoms with Gasteiger partial charge in [-0.2, -0.15) is 18.3 Å². The highest BCUT2D eigenvalue weighted by Crippen LogP contribution is 2.45. The molecule has 0 bridgehead atoms. The summed E-state index contributed by atoms with van der Waals surface area (Å²) in [4.78, 5) is 3.63. The van der Waals surface area contributed by atoms with Crippen molar-refractivity contribution >= 4 is 5.82 Å². The third-order valence-corrected chi connectivity index (χ3v) is 3.27. The molecule has 2 aromatic rings. The van der Waals surface area contributed by atoms with Crippen LogP contribution in [0.3, 0.4) is 0 Å². The van der Waals surface area contributed by atoms with E-state index in [1.807, 2.05) is 0 Å². The number of rotatable bonds is 3. The number of halogens is 3. The van der Waals surface area contributed by atoms with Crippen LogP contribution >= 0.6 is 0 Å². The van der Waals surface area contributed by atoms with Gasteiger partial charge in [-0.3, -0.25) is 0 Å². The predicted octanol–water partition coefficient (Wildman–Crippen LogP) is 1.58. The van der Waals surface area contributed by atoms with Crippen LogP contribution in [-0.2, 0) is 12.6 Å². The minimum atomic E-state index is -4.99. The van der Waals surface area contributed by atoms with Crippen molar-refractivity contribution in [3.8, 4) is 0 Å². The average molecular weight is 303 g/mol. The van der Waals surface area contributed by atoms with Crippen molar-refractivity contribution in [3.63, 3.8) is 0 Å². The van der Waals surface area contributed by atoms with Gasteiger partial charge in [0.2, 0.25) is 5.60 Å². The molecule has 2 rings (SSSR count). The van der Waals surface area contributed by atoms with Crippen LogP contribution in [0.25, 0.3) is 0 Å². The number of anilines is 1. The van der Waals surface area contributed by atoms with E-state index in [0.29, 0.717) is 0 Å². The van der Waals surface area contributed by atoms with Gasteiger partial charge in [-0.25, -0.2) is 9.67 Å². The summed E-state index contributed by atoms with van der Waals surface area (Å²) in [5.74, 6) is -0.808. The molecule has 3 N–H and O–H groups in total. The zero-order chi connectivity index (χ0) is 16.0. The van der Waals surface area contributed by atoms with Crippen LogP contribution in [0.1, 0.15) is 31.3 Å². The van der Waals surface area contributed by atoms with Crippen molar-refractivity contribution in [3.05, 3.63) is 30.0 Å². The van der Waals surface area contributed by atoms with Crippen molar-refractivity contribution < 1.29 is 18.3 Å². The van der Waals surface area contributed by atoms with E-state index >= 15 is 0 Å². The van der Waals surface area contributed by atoms with Crippen LogP contribution in [0.5, 0.6) is 0 Å². The third-order valence-electron chi connectivity index (χ3n) is 3.27. The molecule has 0 fully saturated rings. The van der Waals surface area contributed by atoms with Crippen molar-refractivity contribution in [2.45, 2.75) is 31.7 Å². The van der Waals surface area contributed by atoms with Crippen LogP contribution < -0.4 is 5.73 Å². The number of aromatic nitrogens is 4. The van der Waals surface area contributed by atoms with E-state index in [2.05, 4.69) is 10.1 Å². The molecule has 0 spiro atoms. The van der Waals surface area contributed by atoms with E-state index in [1.165, 1.54) is 24.1 Å². The maximum Gasteiger partial charge on any atom is 0.429 e. The van der Waals surface area contributed by atoms with Crippen molar-refractivity contribution in [1.82, 2.24) is 19.3 Å². The number of nitrogens with zero attached hydrogens (tertiary/aromatic N) is 4. The summed E-state index contributed by atoms with van der Waals surface area (Å²) in [6.45, 7) is 3.45. The number of hydrogen-bond donors (Lipinski definition) is 2. The second-order valence-electron chi connectivity index (χ2n) is 5.05. The number of alkyl halides is 3. The lowest BCUT2D eigenvalue weighted by atomic mass is 9.94. The molecule has 2 aromatic heterocycles. The molecule has 0 aliphatic rings. The SMILES string of the molecule is CC(C)n1ncc(C(O)(c2nccn2C)C(F)(F)F)c1N. The summed E-state index contributed by atoms with van der Waals surface area (Å²) >= 11 is 0.